The zero-order valence-corrected chi connectivity index (χ0v) is 11.4. The van der Waals surface area contributed by atoms with Gasteiger partial charge in [0.2, 0.25) is 0 Å². The van der Waals surface area contributed by atoms with Crippen molar-refractivity contribution in [3.05, 3.63) is 71.3 Å². The summed E-state index contributed by atoms with van der Waals surface area (Å²) in [5.41, 5.74) is 3.42. The zero-order chi connectivity index (χ0) is 12.3. The Labute approximate surface area is 113 Å². The second-order valence-corrected chi connectivity index (χ2v) is 4.82. The van der Waals surface area contributed by atoms with Gasteiger partial charge in [0.05, 0.1) is 0 Å². The molecule has 0 unspecified atom stereocenters. The molecule has 2 aromatic rings. The quantitative estimate of drug-likeness (QED) is 0.567. The van der Waals surface area contributed by atoms with Crippen molar-refractivity contribution in [2.45, 2.75) is 6.92 Å². The van der Waals surface area contributed by atoms with Crippen molar-refractivity contribution in [3.63, 3.8) is 0 Å². The monoisotopic (exact) mass is 258 g/mol. The minimum atomic E-state index is 0.901. The molecule has 0 N–H and O–H groups in total. The third kappa shape index (κ3) is 2.96. The predicted octanol–water partition coefficient (Wildman–Crippen LogP) is 4.68. The lowest BCUT2D eigenvalue weighted by Crippen LogP contribution is -1.83. The van der Waals surface area contributed by atoms with Gasteiger partial charge in [-0.15, -0.1) is 25.3 Å². The van der Waals surface area contributed by atoms with Crippen LogP contribution in [0.2, 0.25) is 0 Å². The first-order valence-electron chi connectivity index (χ1n) is 5.43. The lowest BCUT2D eigenvalue weighted by atomic mass is 10.1. The van der Waals surface area contributed by atoms with Crippen LogP contribution in [0.25, 0.3) is 9.81 Å². The highest BCUT2D eigenvalue weighted by atomic mass is 32.1. The van der Waals surface area contributed by atoms with Crippen LogP contribution in [0.5, 0.6) is 0 Å². The van der Waals surface area contributed by atoms with E-state index in [0.717, 1.165) is 20.9 Å². The fourth-order valence-corrected chi connectivity index (χ4v) is 2.14. The molecule has 0 aromatic heterocycles. The van der Waals surface area contributed by atoms with Crippen molar-refractivity contribution in [2.24, 2.45) is 0 Å². The first kappa shape index (κ1) is 12.3. The number of hydrogen-bond donors (Lipinski definition) is 2. The summed E-state index contributed by atoms with van der Waals surface area (Å²) in [5.74, 6) is 0. The van der Waals surface area contributed by atoms with Gasteiger partial charge in [0.15, 0.2) is 0 Å². The van der Waals surface area contributed by atoms with E-state index in [2.05, 4.69) is 56.4 Å². The van der Waals surface area contributed by atoms with Crippen molar-refractivity contribution < 1.29 is 0 Å². The van der Waals surface area contributed by atoms with Crippen LogP contribution in [0.4, 0.5) is 0 Å². The summed E-state index contributed by atoms with van der Waals surface area (Å²) in [6, 6.07) is 18.4. The number of aryl methyl sites for hydroxylation is 1. The maximum atomic E-state index is 4.56. The molecule has 0 aliphatic heterocycles. The fourth-order valence-electron chi connectivity index (χ4n) is 1.58. The van der Waals surface area contributed by atoms with E-state index in [1.54, 1.807) is 0 Å². The van der Waals surface area contributed by atoms with E-state index in [4.69, 9.17) is 0 Å². The molecule has 2 heteroatoms. The Hall–Kier alpha value is -1.12. The van der Waals surface area contributed by atoms with Crippen LogP contribution >= 0.6 is 25.3 Å². The average Bonchev–Trinajstić information content (AvgIpc) is 2.39. The molecular formula is C15H14S2. The van der Waals surface area contributed by atoms with Gasteiger partial charge in [-0.1, -0.05) is 60.2 Å². The molecule has 0 nitrogen and oxygen atoms in total. The molecule has 2 rings (SSSR count). The van der Waals surface area contributed by atoms with E-state index < -0.39 is 0 Å². The molecule has 17 heavy (non-hydrogen) atoms. The highest BCUT2D eigenvalue weighted by Gasteiger charge is 2.04. The van der Waals surface area contributed by atoms with Crippen molar-refractivity contribution >= 4 is 35.1 Å². The molecular weight excluding hydrogens is 244 g/mol. The SMILES string of the molecule is Cc1ccc(/C(S)=C(/S)c2ccccc2)cc1. The van der Waals surface area contributed by atoms with Gasteiger partial charge in [-0.2, -0.15) is 0 Å². The van der Waals surface area contributed by atoms with E-state index in [1.165, 1.54) is 5.56 Å². The average molecular weight is 258 g/mol. The van der Waals surface area contributed by atoms with Crippen LogP contribution in [0.15, 0.2) is 54.6 Å². The number of benzene rings is 2. The summed E-state index contributed by atoms with van der Waals surface area (Å²) < 4.78 is 0. The molecule has 0 saturated carbocycles. The maximum absolute atomic E-state index is 4.56. The molecule has 0 spiro atoms. The number of rotatable bonds is 2. The topological polar surface area (TPSA) is 0 Å². The Kier molecular flexibility index (Phi) is 3.97. The van der Waals surface area contributed by atoms with Gasteiger partial charge in [0.25, 0.3) is 0 Å². The third-order valence-electron chi connectivity index (χ3n) is 2.60. The second-order valence-electron chi connectivity index (χ2n) is 3.93. The van der Waals surface area contributed by atoms with E-state index in [-0.39, 0.29) is 0 Å². The van der Waals surface area contributed by atoms with Crippen molar-refractivity contribution in [3.8, 4) is 0 Å². The normalized spacial score (nSPS) is 12.2. The van der Waals surface area contributed by atoms with Gasteiger partial charge in [-0.05, 0) is 18.1 Å². The third-order valence-corrected chi connectivity index (χ3v) is 3.74. The largest absolute Gasteiger partial charge is 0.142 e. The Bertz CT molecular complexity index is 525. The number of thiol groups is 2. The van der Waals surface area contributed by atoms with E-state index in [0.29, 0.717) is 0 Å². The molecule has 0 heterocycles. The van der Waals surface area contributed by atoms with Crippen LogP contribution in [0, 0.1) is 6.92 Å². The highest BCUT2D eigenvalue weighted by Crippen LogP contribution is 2.31. The van der Waals surface area contributed by atoms with Gasteiger partial charge in [0.1, 0.15) is 0 Å². The summed E-state index contributed by atoms with van der Waals surface area (Å²) in [6.45, 7) is 2.07. The van der Waals surface area contributed by atoms with E-state index >= 15 is 0 Å². The molecule has 0 atom stereocenters. The Morgan fingerprint density at radius 1 is 0.706 bits per heavy atom. The van der Waals surface area contributed by atoms with Gasteiger partial charge in [0, 0.05) is 9.81 Å². The van der Waals surface area contributed by atoms with Crippen molar-refractivity contribution in [1.82, 2.24) is 0 Å². The Morgan fingerprint density at radius 3 is 1.71 bits per heavy atom. The first-order chi connectivity index (χ1) is 8.18. The summed E-state index contributed by atoms with van der Waals surface area (Å²) in [5, 5.41) is 0. The standard InChI is InChI=1S/C15H14S2/c1-11-7-9-13(10-8-11)15(17)14(16)12-5-3-2-4-6-12/h2-10,16-17H,1H3/b15-14-. The van der Waals surface area contributed by atoms with Crippen LogP contribution in [-0.2, 0) is 0 Å². The zero-order valence-electron chi connectivity index (χ0n) is 9.59. The first-order valence-corrected chi connectivity index (χ1v) is 6.32. The van der Waals surface area contributed by atoms with Crippen molar-refractivity contribution in [1.29, 1.82) is 0 Å². The van der Waals surface area contributed by atoms with Crippen LogP contribution in [0.1, 0.15) is 16.7 Å². The van der Waals surface area contributed by atoms with Crippen LogP contribution in [-0.4, -0.2) is 0 Å². The van der Waals surface area contributed by atoms with E-state index in [9.17, 15) is 0 Å². The minimum absolute atomic E-state index is 0.901. The summed E-state index contributed by atoms with van der Waals surface area (Å²) in [7, 11) is 0. The summed E-state index contributed by atoms with van der Waals surface area (Å²) in [6.07, 6.45) is 0. The molecule has 86 valence electrons. The van der Waals surface area contributed by atoms with Gasteiger partial charge >= 0.3 is 0 Å². The molecule has 0 fully saturated rings. The smallest absolute Gasteiger partial charge is 0.0253 e. The molecule has 0 bridgehead atoms. The predicted molar refractivity (Wildman–Crippen MR) is 82.4 cm³/mol. The van der Waals surface area contributed by atoms with Crippen LogP contribution in [0.3, 0.4) is 0 Å². The van der Waals surface area contributed by atoms with Gasteiger partial charge in [-0.3, -0.25) is 0 Å². The molecule has 0 aliphatic rings. The lowest BCUT2D eigenvalue weighted by molar-refractivity contribution is 1.46. The number of hydrogen-bond acceptors (Lipinski definition) is 2. The minimum Gasteiger partial charge on any atom is -0.142 e. The lowest BCUT2D eigenvalue weighted by Gasteiger charge is -2.07. The molecule has 0 saturated heterocycles. The second kappa shape index (κ2) is 5.48. The van der Waals surface area contributed by atoms with Crippen molar-refractivity contribution in [2.75, 3.05) is 0 Å². The molecule has 0 radical (unpaired) electrons. The molecule has 0 aliphatic carbocycles. The molecule has 0 amide bonds. The van der Waals surface area contributed by atoms with Crippen LogP contribution < -0.4 is 0 Å². The summed E-state index contributed by atoms with van der Waals surface area (Å²) >= 11 is 9.12. The van der Waals surface area contributed by atoms with Gasteiger partial charge < -0.3 is 0 Å². The fraction of sp³-hybridized carbons (Fsp3) is 0.0667. The maximum Gasteiger partial charge on any atom is 0.0253 e. The summed E-state index contributed by atoms with van der Waals surface area (Å²) in [4.78, 5) is 1.80. The highest BCUT2D eigenvalue weighted by molar-refractivity contribution is 7.96. The van der Waals surface area contributed by atoms with Gasteiger partial charge in [-0.25, -0.2) is 0 Å². The Morgan fingerprint density at radius 2 is 1.18 bits per heavy atom. The molecule has 2 aromatic carbocycles. The van der Waals surface area contributed by atoms with E-state index in [1.807, 2.05) is 30.3 Å². The Balaban J connectivity index is 2.41.